The number of carbonyl (C=O) groups is 1. The van der Waals surface area contributed by atoms with Crippen molar-refractivity contribution in [1.29, 1.82) is 0 Å². The summed E-state index contributed by atoms with van der Waals surface area (Å²) in [4.78, 5) is 15.6. The van der Waals surface area contributed by atoms with Gasteiger partial charge in [-0.15, -0.1) is 0 Å². The van der Waals surface area contributed by atoms with E-state index in [-0.39, 0.29) is 5.91 Å². The number of amides is 1. The molecule has 0 radical (unpaired) electrons. The largest absolute Gasteiger partial charge is 0.486 e. The Morgan fingerprint density at radius 2 is 1.43 bits per heavy atom. The number of fused-ring (bicyclic) bond motifs is 2. The molecule has 0 saturated carbocycles. The van der Waals surface area contributed by atoms with Gasteiger partial charge in [-0.2, -0.15) is 0 Å². The molecule has 1 N–H and O–H groups in total. The average molecular weight is 525 g/mol. The molecule has 1 heterocycles. The molecule has 182 valence electrons. The Morgan fingerprint density at radius 3 is 2.22 bits per heavy atom. The molecule has 1 amide bonds. The summed E-state index contributed by atoms with van der Waals surface area (Å²) in [6, 6.07) is 35.0. The molecule has 0 aliphatic carbocycles. The number of para-hydroxylation sites is 1. The Morgan fingerprint density at radius 1 is 0.757 bits per heavy atom. The van der Waals surface area contributed by atoms with Crippen LogP contribution in [0.15, 0.2) is 109 Å². The van der Waals surface area contributed by atoms with Crippen LogP contribution in [0.5, 0.6) is 5.75 Å². The number of halogens is 2. The van der Waals surface area contributed by atoms with Crippen molar-refractivity contribution in [1.82, 2.24) is 0 Å². The van der Waals surface area contributed by atoms with Gasteiger partial charge in [0.2, 0.25) is 0 Å². The summed E-state index contributed by atoms with van der Waals surface area (Å²) >= 11 is 13.4. The minimum atomic E-state index is -0.526. The van der Waals surface area contributed by atoms with Gasteiger partial charge in [-0.25, -0.2) is 0 Å². The van der Waals surface area contributed by atoms with Crippen LogP contribution >= 0.6 is 23.2 Å². The van der Waals surface area contributed by atoms with Gasteiger partial charge >= 0.3 is 0 Å². The van der Waals surface area contributed by atoms with Crippen LogP contribution in [0.25, 0.3) is 10.8 Å². The van der Waals surface area contributed by atoms with Crippen molar-refractivity contribution in [2.24, 2.45) is 0 Å². The molecule has 0 unspecified atom stereocenters. The number of carbonyl (C=O) groups excluding carboxylic acids is 1. The van der Waals surface area contributed by atoms with E-state index in [0.29, 0.717) is 28.0 Å². The second-order valence-corrected chi connectivity index (χ2v) is 9.70. The van der Waals surface area contributed by atoms with E-state index in [0.717, 1.165) is 33.3 Å². The van der Waals surface area contributed by atoms with Crippen molar-refractivity contribution < 1.29 is 9.53 Å². The Balaban J connectivity index is 1.40. The van der Waals surface area contributed by atoms with E-state index in [4.69, 9.17) is 27.9 Å². The minimum Gasteiger partial charge on any atom is -0.486 e. The molecule has 5 aromatic carbocycles. The number of nitrogens with zero attached hydrogens (tertiary/aromatic N) is 1. The van der Waals surface area contributed by atoms with Crippen LogP contribution in [-0.2, 0) is 6.61 Å². The molecule has 1 aliphatic heterocycles. The van der Waals surface area contributed by atoms with Crippen LogP contribution < -0.4 is 15.0 Å². The Hall–Kier alpha value is -3.99. The molecule has 0 aromatic heterocycles. The maximum atomic E-state index is 13.8. The molecular weight excluding hydrogens is 503 g/mol. The number of benzene rings is 5. The fourth-order valence-corrected chi connectivity index (χ4v) is 5.30. The monoisotopic (exact) mass is 524 g/mol. The fourth-order valence-electron chi connectivity index (χ4n) is 4.68. The van der Waals surface area contributed by atoms with Crippen molar-refractivity contribution in [2.75, 3.05) is 10.2 Å². The predicted molar refractivity (Wildman–Crippen MR) is 151 cm³/mol. The fraction of sp³-hybridized carbons (Fsp3) is 0.0645. The van der Waals surface area contributed by atoms with Crippen LogP contribution in [0.3, 0.4) is 0 Å². The van der Waals surface area contributed by atoms with E-state index in [1.54, 1.807) is 17.0 Å². The Kier molecular flexibility index (Phi) is 6.21. The number of rotatable bonds is 5. The van der Waals surface area contributed by atoms with E-state index < -0.39 is 6.17 Å². The lowest BCUT2D eigenvalue weighted by Gasteiger charge is -2.38. The first-order valence-electron chi connectivity index (χ1n) is 11.9. The van der Waals surface area contributed by atoms with E-state index in [2.05, 4.69) is 11.4 Å². The Labute approximate surface area is 225 Å². The molecule has 0 spiro atoms. The normalized spacial score (nSPS) is 14.8. The molecule has 6 rings (SSSR count). The van der Waals surface area contributed by atoms with Gasteiger partial charge < -0.3 is 10.1 Å². The summed E-state index contributed by atoms with van der Waals surface area (Å²) in [5.41, 5.74) is 3.89. The Bertz CT molecular complexity index is 1600. The zero-order valence-corrected chi connectivity index (χ0v) is 21.2. The number of nitrogens with one attached hydrogen (secondary N) is 1. The SMILES string of the molecule is O=C1c2ccccc2N[C@@H](c2cc(Cl)c(OCc3ccccc3)c(Cl)c2)N1c1ccc2ccccc2c1. The standard InChI is InChI=1S/C31H22Cl2N2O2/c32-26-17-23(18-27(33)29(26)37-19-20-8-2-1-3-9-20)30-34-28-13-7-6-12-25(28)31(36)35(30)24-15-14-21-10-4-5-11-22(21)16-24/h1-18,30,34H,19H2/t30-/m1/s1. The van der Waals surface area contributed by atoms with Crippen molar-refractivity contribution in [3.05, 3.63) is 136 Å². The zero-order valence-electron chi connectivity index (χ0n) is 19.7. The van der Waals surface area contributed by atoms with Gasteiger partial charge in [0.15, 0.2) is 5.75 Å². The summed E-state index contributed by atoms with van der Waals surface area (Å²) in [5.74, 6) is 0.307. The summed E-state index contributed by atoms with van der Waals surface area (Å²) in [7, 11) is 0. The first kappa shape index (κ1) is 23.4. The molecule has 1 atom stereocenters. The molecule has 0 bridgehead atoms. The van der Waals surface area contributed by atoms with Crippen LogP contribution in [0, 0.1) is 0 Å². The van der Waals surface area contributed by atoms with Crippen LogP contribution in [-0.4, -0.2) is 5.91 Å². The number of hydrogen-bond acceptors (Lipinski definition) is 3. The van der Waals surface area contributed by atoms with Crippen molar-refractivity contribution in [3.8, 4) is 5.75 Å². The zero-order chi connectivity index (χ0) is 25.4. The second-order valence-electron chi connectivity index (χ2n) is 8.89. The summed E-state index contributed by atoms with van der Waals surface area (Å²) in [6.45, 7) is 0.344. The molecule has 0 saturated heterocycles. The highest BCUT2D eigenvalue weighted by atomic mass is 35.5. The maximum Gasteiger partial charge on any atom is 0.262 e. The third-order valence-electron chi connectivity index (χ3n) is 6.50. The highest BCUT2D eigenvalue weighted by molar-refractivity contribution is 6.37. The van der Waals surface area contributed by atoms with Gasteiger partial charge in [-0.05, 0) is 58.3 Å². The first-order valence-corrected chi connectivity index (χ1v) is 12.7. The van der Waals surface area contributed by atoms with Gasteiger partial charge in [0.25, 0.3) is 5.91 Å². The van der Waals surface area contributed by atoms with E-state index in [9.17, 15) is 4.79 Å². The van der Waals surface area contributed by atoms with Crippen LogP contribution in [0.1, 0.15) is 27.7 Å². The van der Waals surface area contributed by atoms with E-state index >= 15 is 0 Å². The second kappa shape index (κ2) is 9.81. The molecule has 1 aliphatic rings. The summed E-state index contributed by atoms with van der Waals surface area (Å²) in [6.07, 6.45) is -0.526. The number of anilines is 2. The molecule has 4 nitrogen and oxygen atoms in total. The van der Waals surface area contributed by atoms with Crippen molar-refractivity contribution in [2.45, 2.75) is 12.8 Å². The van der Waals surface area contributed by atoms with E-state index in [1.165, 1.54) is 0 Å². The van der Waals surface area contributed by atoms with E-state index in [1.807, 2.05) is 91.0 Å². The molecule has 6 heteroatoms. The average Bonchev–Trinajstić information content (AvgIpc) is 2.93. The number of ether oxygens (including phenoxy) is 1. The van der Waals surface area contributed by atoms with Gasteiger partial charge in [0.05, 0.1) is 15.6 Å². The third-order valence-corrected chi connectivity index (χ3v) is 7.06. The quantitative estimate of drug-likeness (QED) is 0.250. The lowest BCUT2D eigenvalue weighted by molar-refractivity contribution is 0.0975. The summed E-state index contributed by atoms with van der Waals surface area (Å²) in [5, 5.41) is 6.43. The highest BCUT2D eigenvalue weighted by Gasteiger charge is 2.34. The van der Waals surface area contributed by atoms with Crippen LogP contribution in [0.2, 0.25) is 10.0 Å². The van der Waals surface area contributed by atoms with Gasteiger partial charge in [0.1, 0.15) is 12.8 Å². The topological polar surface area (TPSA) is 41.6 Å². The van der Waals surface area contributed by atoms with Gasteiger partial charge in [-0.3, -0.25) is 9.69 Å². The van der Waals surface area contributed by atoms with Gasteiger partial charge in [0, 0.05) is 11.4 Å². The molecule has 37 heavy (non-hydrogen) atoms. The lowest BCUT2D eigenvalue weighted by Crippen LogP contribution is -2.43. The summed E-state index contributed by atoms with van der Waals surface area (Å²) < 4.78 is 5.97. The molecule has 5 aromatic rings. The highest BCUT2D eigenvalue weighted by Crippen LogP contribution is 2.42. The van der Waals surface area contributed by atoms with Crippen LogP contribution in [0.4, 0.5) is 11.4 Å². The smallest absolute Gasteiger partial charge is 0.262 e. The molecule has 0 fully saturated rings. The first-order chi connectivity index (χ1) is 18.1. The van der Waals surface area contributed by atoms with Crippen molar-refractivity contribution in [3.63, 3.8) is 0 Å². The van der Waals surface area contributed by atoms with Gasteiger partial charge in [-0.1, -0.05) is 96.0 Å². The minimum absolute atomic E-state index is 0.105. The maximum absolute atomic E-state index is 13.8. The number of hydrogen-bond donors (Lipinski definition) is 1. The molecular formula is C31H22Cl2N2O2. The van der Waals surface area contributed by atoms with Crippen molar-refractivity contribution >= 4 is 51.3 Å². The predicted octanol–water partition coefficient (Wildman–Crippen LogP) is 8.50. The lowest BCUT2D eigenvalue weighted by atomic mass is 10.0. The third kappa shape index (κ3) is 4.50.